The standard InChI is InChI=1S/C14H17Br2N3O2/c15-10-3-4-11(12(16)6-10)13(20)19-5-1-2-9(8-19)7-18-14(17)21/h3-4,6,9H,1-2,5,7-8H2,(H3,17,18,21). The second kappa shape index (κ2) is 7.26. The van der Waals surface area contributed by atoms with Crippen LogP contribution in [0, 0.1) is 5.92 Å². The summed E-state index contributed by atoms with van der Waals surface area (Å²) in [5, 5.41) is 2.62. The predicted octanol–water partition coefficient (Wildman–Crippen LogP) is 2.73. The third-order valence-electron chi connectivity index (χ3n) is 3.53. The topological polar surface area (TPSA) is 75.4 Å². The van der Waals surface area contributed by atoms with Gasteiger partial charge in [-0.15, -0.1) is 0 Å². The normalized spacial score (nSPS) is 18.4. The summed E-state index contributed by atoms with van der Waals surface area (Å²) in [6.07, 6.45) is 1.93. The van der Waals surface area contributed by atoms with Crippen LogP contribution >= 0.6 is 31.9 Å². The molecular weight excluding hydrogens is 402 g/mol. The number of nitrogens with two attached hydrogens (primary N) is 1. The van der Waals surface area contributed by atoms with Gasteiger partial charge in [0.2, 0.25) is 0 Å². The van der Waals surface area contributed by atoms with Crippen LogP contribution in [-0.4, -0.2) is 36.5 Å². The Hall–Kier alpha value is -1.08. The van der Waals surface area contributed by atoms with Gasteiger partial charge in [0, 0.05) is 28.6 Å². The fraction of sp³-hybridized carbons (Fsp3) is 0.429. The monoisotopic (exact) mass is 417 g/mol. The predicted molar refractivity (Wildman–Crippen MR) is 88.1 cm³/mol. The van der Waals surface area contributed by atoms with Gasteiger partial charge < -0.3 is 16.0 Å². The second-order valence-corrected chi connectivity index (χ2v) is 6.90. The maximum absolute atomic E-state index is 12.6. The summed E-state index contributed by atoms with van der Waals surface area (Å²) < 4.78 is 1.70. The maximum atomic E-state index is 12.6. The van der Waals surface area contributed by atoms with Crippen molar-refractivity contribution >= 4 is 43.8 Å². The fourth-order valence-electron chi connectivity index (χ4n) is 2.49. The number of urea groups is 1. The number of hydrogen-bond donors (Lipinski definition) is 2. The minimum absolute atomic E-state index is 0.0122. The minimum Gasteiger partial charge on any atom is -0.352 e. The third-order valence-corrected chi connectivity index (χ3v) is 4.68. The van der Waals surface area contributed by atoms with Crippen molar-refractivity contribution in [2.45, 2.75) is 12.8 Å². The minimum atomic E-state index is -0.519. The highest BCUT2D eigenvalue weighted by Gasteiger charge is 2.25. The Morgan fingerprint density at radius 1 is 1.38 bits per heavy atom. The van der Waals surface area contributed by atoms with E-state index in [0.717, 1.165) is 28.3 Å². The molecule has 0 spiro atoms. The van der Waals surface area contributed by atoms with Crippen LogP contribution < -0.4 is 11.1 Å². The molecule has 1 atom stereocenters. The number of likely N-dealkylation sites (tertiary alicyclic amines) is 1. The molecule has 114 valence electrons. The lowest BCUT2D eigenvalue weighted by Crippen LogP contribution is -2.44. The molecule has 1 fully saturated rings. The van der Waals surface area contributed by atoms with Crippen LogP contribution in [0.25, 0.3) is 0 Å². The first-order valence-corrected chi connectivity index (χ1v) is 8.33. The number of carbonyl (C=O) groups is 2. The van der Waals surface area contributed by atoms with E-state index in [1.54, 1.807) is 0 Å². The van der Waals surface area contributed by atoms with E-state index in [4.69, 9.17) is 5.73 Å². The molecular formula is C14H17Br2N3O2. The van der Waals surface area contributed by atoms with Gasteiger partial charge in [-0.05, 0) is 52.9 Å². The van der Waals surface area contributed by atoms with E-state index in [-0.39, 0.29) is 11.8 Å². The zero-order chi connectivity index (χ0) is 15.4. The zero-order valence-corrected chi connectivity index (χ0v) is 14.6. The number of benzene rings is 1. The van der Waals surface area contributed by atoms with Gasteiger partial charge >= 0.3 is 6.03 Å². The molecule has 1 aromatic carbocycles. The summed E-state index contributed by atoms with van der Waals surface area (Å²) >= 11 is 6.81. The van der Waals surface area contributed by atoms with Crippen molar-refractivity contribution < 1.29 is 9.59 Å². The summed E-state index contributed by atoms with van der Waals surface area (Å²) in [6, 6.07) is 5.01. The van der Waals surface area contributed by atoms with Gasteiger partial charge in [0.15, 0.2) is 0 Å². The molecule has 1 aliphatic rings. The number of amides is 3. The van der Waals surface area contributed by atoms with Crippen LogP contribution in [0.1, 0.15) is 23.2 Å². The number of nitrogens with one attached hydrogen (secondary N) is 1. The molecule has 0 aliphatic carbocycles. The summed E-state index contributed by atoms with van der Waals surface area (Å²) in [5.74, 6) is 0.266. The number of halogens is 2. The first-order chi connectivity index (χ1) is 9.97. The molecule has 1 aliphatic heterocycles. The quantitative estimate of drug-likeness (QED) is 0.791. The van der Waals surface area contributed by atoms with E-state index >= 15 is 0 Å². The Kier molecular flexibility index (Phi) is 5.64. The maximum Gasteiger partial charge on any atom is 0.312 e. The number of nitrogens with zero attached hydrogens (tertiary/aromatic N) is 1. The third kappa shape index (κ3) is 4.44. The van der Waals surface area contributed by atoms with Crippen LogP contribution in [0.3, 0.4) is 0 Å². The van der Waals surface area contributed by atoms with Crippen molar-refractivity contribution in [3.8, 4) is 0 Å². The van der Waals surface area contributed by atoms with E-state index in [1.807, 2.05) is 23.1 Å². The lowest BCUT2D eigenvalue weighted by atomic mass is 9.97. The first-order valence-electron chi connectivity index (χ1n) is 6.75. The molecule has 0 aromatic heterocycles. The number of rotatable bonds is 3. The average Bonchev–Trinajstić information content (AvgIpc) is 2.45. The van der Waals surface area contributed by atoms with Crippen molar-refractivity contribution in [1.29, 1.82) is 0 Å². The van der Waals surface area contributed by atoms with E-state index < -0.39 is 6.03 Å². The van der Waals surface area contributed by atoms with E-state index in [1.165, 1.54) is 0 Å². The summed E-state index contributed by atoms with van der Waals surface area (Å²) in [4.78, 5) is 25.2. The molecule has 0 saturated carbocycles. The molecule has 3 N–H and O–H groups in total. The van der Waals surface area contributed by atoms with Gasteiger partial charge in [-0.2, -0.15) is 0 Å². The Morgan fingerprint density at radius 2 is 2.14 bits per heavy atom. The van der Waals surface area contributed by atoms with Crippen LogP contribution in [0.15, 0.2) is 27.1 Å². The van der Waals surface area contributed by atoms with Crippen molar-refractivity contribution in [3.63, 3.8) is 0 Å². The van der Waals surface area contributed by atoms with E-state index in [2.05, 4.69) is 37.2 Å². The van der Waals surface area contributed by atoms with Gasteiger partial charge in [0.25, 0.3) is 5.91 Å². The Labute approximate surface area is 140 Å². The first kappa shape index (κ1) is 16.3. The molecule has 1 unspecified atom stereocenters. The summed E-state index contributed by atoms with van der Waals surface area (Å²) in [6.45, 7) is 1.90. The number of hydrogen-bond acceptors (Lipinski definition) is 2. The molecule has 3 amide bonds. The Bertz CT molecular complexity index is 551. The van der Waals surface area contributed by atoms with Crippen molar-refractivity contribution in [2.24, 2.45) is 11.7 Å². The van der Waals surface area contributed by atoms with Gasteiger partial charge in [0.05, 0.1) is 5.56 Å². The van der Waals surface area contributed by atoms with Gasteiger partial charge in [-0.1, -0.05) is 15.9 Å². The second-order valence-electron chi connectivity index (χ2n) is 5.13. The summed E-state index contributed by atoms with van der Waals surface area (Å²) in [7, 11) is 0. The summed E-state index contributed by atoms with van der Waals surface area (Å²) in [5.41, 5.74) is 5.74. The smallest absolute Gasteiger partial charge is 0.312 e. The van der Waals surface area contributed by atoms with Crippen molar-refractivity contribution in [2.75, 3.05) is 19.6 Å². The fourth-order valence-corrected chi connectivity index (χ4v) is 3.71. The van der Waals surface area contributed by atoms with Crippen LogP contribution in [-0.2, 0) is 0 Å². The average molecular weight is 419 g/mol. The molecule has 1 aromatic rings. The molecule has 1 saturated heterocycles. The Balaban J connectivity index is 2.03. The van der Waals surface area contributed by atoms with Gasteiger partial charge in [-0.3, -0.25) is 4.79 Å². The van der Waals surface area contributed by atoms with Crippen molar-refractivity contribution in [3.05, 3.63) is 32.7 Å². The van der Waals surface area contributed by atoms with E-state index in [0.29, 0.717) is 18.7 Å². The number of piperidine rings is 1. The van der Waals surface area contributed by atoms with Crippen LogP contribution in [0.4, 0.5) is 4.79 Å². The molecule has 0 radical (unpaired) electrons. The Morgan fingerprint density at radius 3 is 2.81 bits per heavy atom. The van der Waals surface area contributed by atoms with Crippen LogP contribution in [0.5, 0.6) is 0 Å². The number of carbonyl (C=O) groups excluding carboxylic acids is 2. The van der Waals surface area contributed by atoms with Gasteiger partial charge in [-0.25, -0.2) is 4.79 Å². The molecule has 21 heavy (non-hydrogen) atoms. The largest absolute Gasteiger partial charge is 0.352 e. The highest BCUT2D eigenvalue weighted by molar-refractivity contribution is 9.11. The highest BCUT2D eigenvalue weighted by atomic mass is 79.9. The molecule has 2 rings (SSSR count). The molecule has 7 heteroatoms. The molecule has 5 nitrogen and oxygen atoms in total. The highest BCUT2D eigenvalue weighted by Crippen LogP contribution is 2.25. The zero-order valence-electron chi connectivity index (χ0n) is 11.4. The van der Waals surface area contributed by atoms with Crippen LogP contribution in [0.2, 0.25) is 0 Å². The number of primary amides is 1. The lowest BCUT2D eigenvalue weighted by molar-refractivity contribution is 0.0674. The van der Waals surface area contributed by atoms with E-state index in [9.17, 15) is 9.59 Å². The SMILES string of the molecule is NC(=O)NCC1CCCN(C(=O)c2ccc(Br)cc2Br)C1. The molecule has 0 bridgehead atoms. The van der Waals surface area contributed by atoms with Gasteiger partial charge in [0.1, 0.15) is 0 Å². The molecule has 1 heterocycles. The van der Waals surface area contributed by atoms with Crippen molar-refractivity contribution in [1.82, 2.24) is 10.2 Å². The lowest BCUT2D eigenvalue weighted by Gasteiger charge is -2.33.